The number of nitrogens with one attached hydrogen (secondary N) is 1. The molecule has 0 fully saturated rings. The van der Waals surface area contributed by atoms with Gasteiger partial charge in [0.05, 0.1) is 23.5 Å². The molecule has 3 heterocycles. The molecule has 0 aliphatic heterocycles. The summed E-state index contributed by atoms with van der Waals surface area (Å²) in [7, 11) is 0. The predicted octanol–water partition coefficient (Wildman–Crippen LogP) is 2.22. The fraction of sp³-hybridized carbons (Fsp3) is 0.222. The van der Waals surface area contributed by atoms with Crippen molar-refractivity contribution in [1.82, 2.24) is 19.5 Å². The lowest BCUT2D eigenvalue weighted by atomic mass is 10.2. The summed E-state index contributed by atoms with van der Waals surface area (Å²) >= 11 is 0. The van der Waals surface area contributed by atoms with E-state index in [1.54, 1.807) is 26.8 Å². The van der Waals surface area contributed by atoms with Crippen LogP contribution in [0.4, 0.5) is 10.7 Å². The van der Waals surface area contributed by atoms with Gasteiger partial charge in [0.25, 0.3) is 0 Å². The van der Waals surface area contributed by atoms with Crippen LogP contribution in [0.1, 0.15) is 31.1 Å². The number of aromatic nitrogens is 4. The fourth-order valence-corrected chi connectivity index (χ4v) is 2.41. The third-order valence-corrected chi connectivity index (χ3v) is 3.52. The number of carboxylic acid groups (broad SMARTS) is 1. The minimum Gasteiger partial charge on any atom is -0.477 e. The Hall–Kier alpha value is -3.82. The number of fused-ring (bicyclic) bond motifs is 1. The molecule has 3 aromatic heterocycles. The maximum atomic E-state index is 12.3. The van der Waals surface area contributed by atoms with E-state index in [0.29, 0.717) is 5.69 Å². The van der Waals surface area contributed by atoms with Crippen LogP contribution in [0.25, 0.3) is 16.7 Å². The van der Waals surface area contributed by atoms with E-state index in [1.165, 1.54) is 35.4 Å². The summed E-state index contributed by atoms with van der Waals surface area (Å²) in [5, 5.41) is 11.9. The Morgan fingerprint density at radius 1 is 1.18 bits per heavy atom. The average molecular weight is 383 g/mol. The molecule has 0 saturated heterocycles. The topological polar surface area (TPSA) is 136 Å². The van der Waals surface area contributed by atoms with Crippen LogP contribution in [0.3, 0.4) is 0 Å². The molecule has 0 aliphatic carbocycles. The van der Waals surface area contributed by atoms with E-state index in [2.05, 4.69) is 20.3 Å². The molecular weight excluding hydrogens is 366 g/mol. The summed E-state index contributed by atoms with van der Waals surface area (Å²) in [6.45, 7) is 5.18. The summed E-state index contributed by atoms with van der Waals surface area (Å²) in [5.41, 5.74) is -1.08. The predicted molar refractivity (Wildman–Crippen MR) is 99.7 cm³/mol. The zero-order valence-corrected chi connectivity index (χ0v) is 15.3. The summed E-state index contributed by atoms with van der Waals surface area (Å²) in [6.07, 6.45) is 4.68. The average Bonchev–Trinajstić information content (AvgIpc) is 2.61. The standard InChI is InChI=1S/C18H17N5O5/c1-18(2,3)28-17(27)22-16-20-7-10(8-21-16)23-9-12(15(25)26)13(24)11-5-4-6-19-14(11)23/h4-9H,1-3H3,(H,25,26)(H,20,21,22,27). The first kappa shape index (κ1) is 19.0. The van der Waals surface area contributed by atoms with Gasteiger partial charge in [-0.1, -0.05) is 0 Å². The number of nitrogens with zero attached hydrogens (tertiary/aromatic N) is 4. The molecule has 0 radical (unpaired) electrons. The molecule has 144 valence electrons. The van der Waals surface area contributed by atoms with Gasteiger partial charge in [-0.25, -0.2) is 24.5 Å². The largest absolute Gasteiger partial charge is 0.477 e. The number of anilines is 1. The molecule has 0 spiro atoms. The normalized spacial score (nSPS) is 11.2. The van der Waals surface area contributed by atoms with E-state index >= 15 is 0 Å². The van der Waals surface area contributed by atoms with Crippen molar-refractivity contribution < 1.29 is 19.4 Å². The van der Waals surface area contributed by atoms with Crippen molar-refractivity contribution in [2.75, 3.05) is 5.32 Å². The van der Waals surface area contributed by atoms with Gasteiger partial charge >= 0.3 is 12.1 Å². The molecule has 0 saturated carbocycles. The number of pyridine rings is 2. The van der Waals surface area contributed by atoms with Gasteiger partial charge in [0.2, 0.25) is 11.4 Å². The van der Waals surface area contributed by atoms with Crippen LogP contribution in [0.2, 0.25) is 0 Å². The van der Waals surface area contributed by atoms with E-state index in [4.69, 9.17) is 4.74 Å². The van der Waals surface area contributed by atoms with Gasteiger partial charge in [0.15, 0.2) is 0 Å². The number of rotatable bonds is 3. The molecule has 0 unspecified atom stereocenters. The highest BCUT2D eigenvalue weighted by atomic mass is 16.6. The zero-order valence-electron chi connectivity index (χ0n) is 15.3. The molecule has 28 heavy (non-hydrogen) atoms. The van der Waals surface area contributed by atoms with Gasteiger partial charge in [0, 0.05) is 12.4 Å². The van der Waals surface area contributed by atoms with Crippen molar-refractivity contribution in [3.63, 3.8) is 0 Å². The first-order valence-corrected chi connectivity index (χ1v) is 8.22. The first-order chi connectivity index (χ1) is 13.2. The summed E-state index contributed by atoms with van der Waals surface area (Å²) < 4.78 is 6.52. The van der Waals surface area contributed by atoms with Crippen LogP contribution in [-0.2, 0) is 4.74 Å². The van der Waals surface area contributed by atoms with E-state index in [1.807, 2.05) is 0 Å². The van der Waals surface area contributed by atoms with Gasteiger partial charge in [-0.05, 0) is 32.9 Å². The van der Waals surface area contributed by atoms with Gasteiger partial charge in [-0.3, -0.25) is 14.7 Å². The molecule has 0 aromatic carbocycles. The monoisotopic (exact) mass is 383 g/mol. The maximum absolute atomic E-state index is 12.3. The lowest BCUT2D eigenvalue weighted by molar-refractivity contribution is 0.0632. The second-order valence-electron chi connectivity index (χ2n) is 6.81. The Bertz CT molecular complexity index is 1120. The van der Waals surface area contributed by atoms with Crippen LogP contribution in [0.15, 0.2) is 41.7 Å². The third kappa shape index (κ3) is 3.95. The van der Waals surface area contributed by atoms with E-state index in [0.717, 1.165) is 0 Å². The number of carbonyl (C=O) groups is 2. The minimum atomic E-state index is -1.35. The molecule has 3 rings (SSSR count). The number of carbonyl (C=O) groups excluding carboxylic acids is 1. The minimum absolute atomic E-state index is 0.00904. The lowest BCUT2D eigenvalue weighted by Crippen LogP contribution is -2.27. The Morgan fingerprint density at radius 2 is 1.86 bits per heavy atom. The van der Waals surface area contributed by atoms with Crippen LogP contribution >= 0.6 is 0 Å². The van der Waals surface area contributed by atoms with Crippen LogP contribution in [0, 0.1) is 0 Å². The van der Waals surface area contributed by atoms with Gasteiger partial charge in [-0.2, -0.15) is 0 Å². The molecule has 0 atom stereocenters. The molecule has 0 bridgehead atoms. The lowest BCUT2D eigenvalue weighted by Gasteiger charge is -2.19. The molecule has 1 amide bonds. The van der Waals surface area contributed by atoms with Crippen molar-refractivity contribution >= 4 is 29.0 Å². The van der Waals surface area contributed by atoms with E-state index < -0.39 is 28.7 Å². The number of carboxylic acids is 1. The SMILES string of the molecule is CC(C)(C)OC(=O)Nc1ncc(-n2cc(C(=O)O)c(=O)c3cccnc32)cn1. The quantitative estimate of drug-likeness (QED) is 0.702. The number of amides is 1. The van der Waals surface area contributed by atoms with Gasteiger partial charge in [-0.15, -0.1) is 0 Å². The highest BCUT2D eigenvalue weighted by Crippen LogP contribution is 2.16. The Labute approximate surface area is 158 Å². The van der Waals surface area contributed by atoms with Crippen LogP contribution < -0.4 is 10.7 Å². The molecule has 3 aromatic rings. The Morgan fingerprint density at radius 3 is 2.46 bits per heavy atom. The molecule has 10 heteroatoms. The highest BCUT2D eigenvalue weighted by Gasteiger charge is 2.18. The fourth-order valence-electron chi connectivity index (χ4n) is 2.41. The second kappa shape index (κ2) is 7.06. The summed E-state index contributed by atoms with van der Waals surface area (Å²) in [5.74, 6) is -1.34. The van der Waals surface area contributed by atoms with Crippen molar-refractivity contribution in [3.8, 4) is 5.69 Å². The smallest absolute Gasteiger partial charge is 0.414 e. The maximum Gasteiger partial charge on any atom is 0.414 e. The Kier molecular flexibility index (Phi) is 4.78. The second-order valence-corrected chi connectivity index (χ2v) is 6.81. The van der Waals surface area contributed by atoms with Crippen LogP contribution in [-0.4, -0.2) is 42.3 Å². The Balaban J connectivity index is 1.99. The number of ether oxygens (including phenoxy) is 1. The number of hydrogen-bond acceptors (Lipinski definition) is 7. The van der Waals surface area contributed by atoms with Gasteiger partial charge in [0.1, 0.15) is 16.8 Å². The van der Waals surface area contributed by atoms with E-state index in [9.17, 15) is 19.5 Å². The molecule has 0 aliphatic rings. The summed E-state index contributed by atoms with van der Waals surface area (Å²) in [6, 6.07) is 3.04. The molecule has 10 nitrogen and oxygen atoms in total. The number of aromatic carboxylic acids is 1. The van der Waals surface area contributed by atoms with E-state index in [-0.39, 0.29) is 17.0 Å². The first-order valence-electron chi connectivity index (χ1n) is 8.22. The number of hydrogen-bond donors (Lipinski definition) is 2. The van der Waals surface area contributed by atoms with Crippen molar-refractivity contribution in [1.29, 1.82) is 0 Å². The van der Waals surface area contributed by atoms with Crippen molar-refractivity contribution in [3.05, 3.63) is 52.7 Å². The van der Waals surface area contributed by atoms with Crippen molar-refractivity contribution in [2.24, 2.45) is 0 Å². The molecule has 2 N–H and O–H groups in total. The zero-order chi connectivity index (χ0) is 20.5. The molecular formula is C18H17N5O5. The van der Waals surface area contributed by atoms with Gasteiger partial charge < -0.3 is 9.84 Å². The van der Waals surface area contributed by atoms with Crippen molar-refractivity contribution in [2.45, 2.75) is 26.4 Å². The van der Waals surface area contributed by atoms with Crippen LogP contribution in [0.5, 0.6) is 0 Å². The third-order valence-electron chi connectivity index (χ3n) is 3.52. The summed E-state index contributed by atoms with van der Waals surface area (Å²) in [4.78, 5) is 47.7. The highest BCUT2D eigenvalue weighted by molar-refractivity contribution is 5.92.